The molecular formula is C32H46N4O4. The monoisotopic (exact) mass is 550 g/mol. The van der Waals surface area contributed by atoms with Crippen LogP contribution in [0.3, 0.4) is 0 Å². The Balaban J connectivity index is 0.000000810. The van der Waals surface area contributed by atoms with Crippen LogP contribution in [0.25, 0.3) is 22.8 Å². The number of benzene rings is 2. The van der Waals surface area contributed by atoms with E-state index in [0.29, 0.717) is 36.0 Å². The molecule has 4 N–H and O–H groups in total. The fraction of sp³-hybridized carbons (Fsp3) is 0.531. The number of nitrogens with zero attached hydrogens (tertiary/aromatic N) is 3. The normalized spacial score (nSPS) is 15.7. The van der Waals surface area contributed by atoms with Gasteiger partial charge in [0.15, 0.2) is 0 Å². The number of nitrogens with two attached hydrogens (primary N) is 1. The molecule has 1 aliphatic heterocycles. The fourth-order valence-corrected chi connectivity index (χ4v) is 4.93. The van der Waals surface area contributed by atoms with Crippen LogP contribution in [0.1, 0.15) is 72.4 Å². The minimum Gasteiger partial charge on any atom is -0.508 e. The summed E-state index contributed by atoms with van der Waals surface area (Å²) in [6.07, 6.45) is 2.17. The second kappa shape index (κ2) is 13.0. The van der Waals surface area contributed by atoms with Crippen molar-refractivity contribution in [3.63, 3.8) is 0 Å². The number of piperidine rings is 1. The quantitative estimate of drug-likeness (QED) is 0.295. The Hall–Kier alpha value is -3.23. The van der Waals surface area contributed by atoms with E-state index < -0.39 is 11.4 Å². The highest BCUT2D eigenvalue weighted by molar-refractivity contribution is 5.75. The molecule has 0 radical (unpaired) electrons. The van der Waals surface area contributed by atoms with Gasteiger partial charge in [0.2, 0.25) is 5.82 Å². The predicted octanol–water partition coefficient (Wildman–Crippen LogP) is 6.37. The number of hydrogen-bond donors (Lipinski definition) is 3. The molecule has 218 valence electrons. The Morgan fingerprint density at radius 3 is 2.12 bits per heavy atom. The Morgan fingerprint density at radius 1 is 1.05 bits per heavy atom. The number of aliphatic carboxylic acids is 1. The Morgan fingerprint density at radius 2 is 1.62 bits per heavy atom. The van der Waals surface area contributed by atoms with Gasteiger partial charge in [-0.2, -0.15) is 4.98 Å². The zero-order valence-electron chi connectivity index (χ0n) is 25.1. The number of hydrogen-bond acceptors (Lipinski definition) is 7. The first kappa shape index (κ1) is 31.3. The molecular weight excluding hydrogens is 504 g/mol. The standard InChI is InChI=1S/C28H35N3O4.C4H11N/c1-18(2)15-22-9-10-23(16-24(22)32)26-29-25(30-35-26)21-7-5-20(6-8-21)17-31-13-11-28(12-14-31,19(3)4)27(33)34;1-4(2,3)5/h5-10,16,18-19,32H,11-15,17H2,1-4H3,(H,33,34);5H2,1-3H3. The van der Waals surface area contributed by atoms with E-state index in [1.165, 1.54) is 0 Å². The van der Waals surface area contributed by atoms with E-state index in [9.17, 15) is 15.0 Å². The van der Waals surface area contributed by atoms with Crippen LogP contribution in [0.15, 0.2) is 47.0 Å². The van der Waals surface area contributed by atoms with Crippen molar-refractivity contribution in [2.45, 2.75) is 79.8 Å². The van der Waals surface area contributed by atoms with Crippen molar-refractivity contribution in [2.75, 3.05) is 13.1 Å². The number of phenols is 1. The van der Waals surface area contributed by atoms with Crippen molar-refractivity contribution >= 4 is 5.97 Å². The van der Waals surface area contributed by atoms with E-state index in [1.54, 1.807) is 6.07 Å². The van der Waals surface area contributed by atoms with Gasteiger partial charge in [0.1, 0.15) is 5.75 Å². The molecule has 0 spiro atoms. The fourth-order valence-electron chi connectivity index (χ4n) is 4.93. The van der Waals surface area contributed by atoms with Crippen LogP contribution in [0.5, 0.6) is 5.75 Å². The van der Waals surface area contributed by atoms with Crippen LogP contribution in [-0.4, -0.2) is 49.9 Å². The van der Waals surface area contributed by atoms with Gasteiger partial charge in [-0.15, -0.1) is 0 Å². The summed E-state index contributed by atoms with van der Waals surface area (Å²) in [4.78, 5) is 18.7. The lowest BCUT2D eigenvalue weighted by Crippen LogP contribution is -2.47. The molecule has 1 saturated heterocycles. The van der Waals surface area contributed by atoms with Crippen LogP contribution in [0.4, 0.5) is 0 Å². The van der Waals surface area contributed by atoms with Gasteiger partial charge in [0.25, 0.3) is 5.89 Å². The molecule has 2 heterocycles. The molecule has 0 bridgehead atoms. The molecule has 40 heavy (non-hydrogen) atoms. The lowest BCUT2D eigenvalue weighted by molar-refractivity contribution is -0.155. The average Bonchev–Trinajstić information content (AvgIpc) is 3.35. The van der Waals surface area contributed by atoms with E-state index in [4.69, 9.17) is 10.3 Å². The van der Waals surface area contributed by atoms with Gasteiger partial charge in [-0.25, -0.2) is 0 Å². The maximum absolute atomic E-state index is 11.9. The van der Waals surface area contributed by atoms with Gasteiger partial charge in [0.05, 0.1) is 5.41 Å². The van der Waals surface area contributed by atoms with E-state index >= 15 is 0 Å². The van der Waals surface area contributed by atoms with Gasteiger partial charge in [-0.3, -0.25) is 9.69 Å². The van der Waals surface area contributed by atoms with Crippen LogP contribution < -0.4 is 5.73 Å². The summed E-state index contributed by atoms with van der Waals surface area (Å²) in [6.45, 7) is 16.5. The summed E-state index contributed by atoms with van der Waals surface area (Å²) in [7, 11) is 0. The molecule has 0 atom stereocenters. The number of likely N-dealkylation sites (tertiary alicyclic amines) is 1. The van der Waals surface area contributed by atoms with Gasteiger partial charge >= 0.3 is 5.97 Å². The van der Waals surface area contributed by atoms with Crippen molar-refractivity contribution in [3.8, 4) is 28.6 Å². The summed E-state index contributed by atoms with van der Waals surface area (Å²) >= 11 is 0. The number of aromatic hydroxyl groups is 1. The second-order valence-corrected chi connectivity index (χ2v) is 12.8. The Bertz CT molecular complexity index is 1240. The smallest absolute Gasteiger partial charge is 0.309 e. The van der Waals surface area contributed by atoms with Crippen LogP contribution in [0, 0.1) is 17.3 Å². The van der Waals surface area contributed by atoms with Crippen LogP contribution in [0.2, 0.25) is 0 Å². The number of carbonyl (C=O) groups is 1. The number of carboxylic acid groups (broad SMARTS) is 1. The van der Waals surface area contributed by atoms with Crippen LogP contribution in [-0.2, 0) is 17.8 Å². The Labute approximate surface area is 238 Å². The number of phenolic OH excluding ortho intramolecular Hbond substituents is 1. The maximum Gasteiger partial charge on any atom is 0.309 e. The van der Waals surface area contributed by atoms with E-state index in [1.807, 2.05) is 58.9 Å². The SMILES string of the molecule is CC(C)(C)N.CC(C)Cc1ccc(-c2nc(-c3ccc(CN4CCC(C(=O)O)(C(C)C)CC4)cc3)no2)cc1O. The molecule has 0 unspecified atom stereocenters. The van der Waals surface area contributed by atoms with Crippen molar-refractivity contribution < 1.29 is 19.5 Å². The van der Waals surface area contributed by atoms with Gasteiger partial charge in [-0.05, 0) is 88.2 Å². The number of carboxylic acids is 1. The average molecular weight is 551 g/mol. The Kier molecular flexibility index (Phi) is 10.1. The molecule has 8 heteroatoms. The summed E-state index contributed by atoms with van der Waals surface area (Å²) in [5, 5.41) is 24.2. The molecule has 0 aliphatic carbocycles. The summed E-state index contributed by atoms with van der Waals surface area (Å²) in [5.41, 5.74) is 8.36. The highest BCUT2D eigenvalue weighted by Crippen LogP contribution is 2.39. The van der Waals surface area contributed by atoms with Crippen molar-refractivity contribution in [2.24, 2.45) is 23.0 Å². The lowest BCUT2D eigenvalue weighted by Gasteiger charge is -2.41. The zero-order chi connectivity index (χ0) is 29.7. The van der Waals surface area contributed by atoms with E-state index in [-0.39, 0.29) is 17.2 Å². The minimum atomic E-state index is -0.669. The molecule has 1 aromatic heterocycles. The van der Waals surface area contributed by atoms with Crippen LogP contribution >= 0.6 is 0 Å². The summed E-state index contributed by atoms with van der Waals surface area (Å²) in [5.74, 6) is 1.03. The van der Waals surface area contributed by atoms with Crippen molar-refractivity contribution in [3.05, 3.63) is 53.6 Å². The maximum atomic E-state index is 11.9. The molecule has 0 amide bonds. The highest BCUT2D eigenvalue weighted by atomic mass is 16.5. The predicted molar refractivity (Wildman–Crippen MR) is 159 cm³/mol. The zero-order valence-corrected chi connectivity index (χ0v) is 25.1. The first-order valence-electron chi connectivity index (χ1n) is 14.2. The molecule has 1 aliphatic rings. The van der Waals surface area contributed by atoms with Crippen molar-refractivity contribution in [1.29, 1.82) is 0 Å². The third kappa shape index (κ3) is 8.38. The van der Waals surface area contributed by atoms with Gasteiger partial charge in [-0.1, -0.05) is 63.2 Å². The molecule has 8 nitrogen and oxygen atoms in total. The topological polar surface area (TPSA) is 126 Å². The number of aromatic nitrogens is 2. The summed E-state index contributed by atoms with van der Waals surface area (Å²) < 4.78 is 5.46. The van der Waals surface area contributed by atoms with Crippen molar-refractivity contribution in [1.82, 2.24) is 15.0 Å². The van der Waals surface area contributed by atoms with E-state index in [2.05, 4.69) is 41.0 Å². The molecule has 4 rings (SSSR count). The first-order valence-corrected chi connectivity index (χ1v) is 14.2. The largest absolute Gasteiger partial charge is 0.508 e. The summed E-state index contributed by atoms with van der Waals surface area (Å²) in [6, 6.07) is 13.5. The second-order valence-electron chi connectivity index (χ2n) is 12.8. The third-order valence-corrected chi connectivity index (χ3v) is 7.28. The molecule has 0 saturated carbocycles. The first-order chi connectivity index (χ1) is 18.7. The minimum absolute atomic E-state index is 0. The molecule has 2 aromatic carbocycles. The van der Waals surface area contributed by atoms with Gasteiger partial charge in [0, 0.05) is 23.2 Å². The highest BCUT2D eigenvalue weighted by Gasteiger charge is 2.43. The molecule has 3 aromatic rings. The van der Waals surface area contributed by atoms with Gasteiger partial charge < -0.3 is 20.5 Å². The van der Waals surface area contributed by atoms with E-state index in [0.717, 1.165) is 42.7 Å². The molecule has 1 fully saturated rings. The lowest BCUT2D eigenvalue weighted by atomic mass is 9.70. The number of rotatable bonds is 8. The third-order valence-electron chi connectivity index (χ3n) is 7.28.